The highest BCUT2D eigenvalue weighted by molar-refractivity contribution is 5.76. The largest absolute Gasteiger partial charge is 0.497 e. The molecular formula is C21H28N2O6. The van der Waals surface area contributed by atoms with Crippen LogP contribution >= 0.6 is 0 Å². The van der Waals surface area contributed by atoms with Gasteiger partial charge in [0, 0.05) is 18.8 Å². The van der Waals surface area contributed by atoms with Gasteiger partial charge in [-0.2, -0.15) is 0 Å². The van der Waals surface area contributed by atoms with Gasteiger partial charge in [0.15, 0.2) is 0 Å². The maximum atomic E-state index is 11.9. The molecule has 2 aromatic rings. The Balaban J connectivity index is 0.00000184. The molecule has 1 unspecified atom stereocenters. The smallest absolute Gasteiger partial charge is 0.245 e. The van der Waals surface area contributed by atoms with E-state index in [-0.39, 0.29) is 12.5 Å². The Morgan fingerprint density at radius 2 is 1.69 bits per heavy atom. The van der Waals surface area contributed by atoms with E-state index in [1.54, 1.807) is 19.7 Å². The molecule has 0 saturated heterocycles. The predicted octanol–water partition coefficient (Wildman–Crippen LogP) is 2.72. The summed E-state index contributed by atoms with van der Waals surface area (Å²) in [7, 11) is 5.10. The van der Waals surface area contributed by atoms with E-state index in [0.29, 0.717) is 11.5 Å². The molecule has 0 bridgehead atoms. The van der Waals surface area contributed by atoms with E-state index in [9.17, 15) is 4.79 Å². The van der Waals surface area contributed by atoms with Crippen molar-refractivity contribution >= 4 is 25.2 Å². The number of benzene rings is 2. The molecule has 0 radical (unpaired) electrons. The number of hydroxylamine groups is 1. The third-order valence-corrected chi connectivity index (χ3v) is 4.32. The molecule has 0 aliphatic rings. The van der Waals surface area contributed by atoms with E-state index < -0.39 is 5.91 Å². The molecule has 1 atom stereocenters. The van der Waals surface area contributed by atoms with Crippen molar-refractivity contribution in [2.24, 2.45) is 0 Å². The lowest BCUT2D eigenvalue weighted by molar-refractivity contribution is -0.129. The number of amides is 1. The van der Waals surface area contributed by atoms with Crippen molar-refractivity contribution in [1.29, 1.82) is 0 Å². The van der Waals surface area contributed by atoms with Crippen LogP contribution < -0.4 is 19.9 Å². The lowest BCUT2D eigenvalue weighted by atomic mass is 9.95. The van der Waals surface area contributed by atoms with E-state index in [2.05, 4.69) is 0 Å². The predicted molar refractivity (Wildman–Crippen MR) is 111 cm³/mol. The minimum atomic E-state index is -0.464. The summed E-state index contributed by atoms with van der Waals surface area (Å²) in [6, 6.07) is 13.2. The van der Waals surface area contributed by atoms with E-state index in [4.69, 9.17) is 24.3 Å². The van der Waals surface area contributed by atoms with Gasteiger partial charge in [0.2, 0.25) is 5.91 Å². The first-order valence-corrected chi connectivity index (χ1v) is 8.52. The maximum absolute atomic E-state index is 11.9. The van der Waals surface area contributed by atoms with Crippen LogP contribution in [0.15, 0.2) is 42.5 Å². The SMILES string of the molecule is C=O.C=O.COc1cc(OC)c(C)c(C(CC(=O)NO)N(C)c2ccccc2)c1. The maximum Gasteiger partial charge on any atom is 0.245 e. The van der Waals surface area contributed by atoms with Crippen LogP contribution in [0.2, 0.25) is 0 Å². The second-order valence-corrected chi connectivity index (χ2v) is 5.75. The van der Waals surface area contributed by atoms with Gasteiger partial charge in [0.05, 0.1) is 26.7 Å². The van der Waals surface area contributed by atoms with Crippen molar-refractivity contribution < 1.29 is 29.1 Å². The summed E-state index contributed by atoms with van der Waals surface area (Å²) in [6.45, 7) is 5.94. The van der Waals surface area contributed by atoms with Gasteiger partial charge in [-0.1, -0.05) is 18.2 Å². The quantitative estimate of drug-likeness (QED) is 0.540. The van der Waals surface area contributed by atoms with Crippen LogP contribution in [0.4, 0.5) is 5.69 Å². The summed E-state index contributed by atoms with van der Waals surface area (Å²) >= 11 is 0. The highest BCUT2D eigenvalue weighted by Gasteiger charge is 2.25. The Morgan fingerprint density at radius 3 is 2.17 bits per heavy atom. The molecule has 0 aliphatic carbocycles. The lowest BCUT2D eigenvalue weighted by Crippen LogP contribution is -2.31. The monoisotopic (exact) mass is 404 g/mol. The molecule has 1 amide bonds. The first kappa shape index (κ1) is 25.6. The van der Waals surface area contributed by atoms with Gasteiger partial charge < -0.3 is 24.0 Å². The average Bonchev–Trinajstić information content (AvgIpc) is 2.80. The average molecular weight is 404 g/mol. The minimum absolute atomic E-state index is 0.0824. The van der Waals surface area contributed by atoms with Gasteiger partial charge in [-0.3, -0.25) is 10.0 Å². The van der Waals surface area contributed by atoms with Gasteiger partial charge in [0.25, 0.3) is 0 Å². The summed E-state index contributed by atoms with van der Waals surface area (Å²) in [6.07, 6.45) is 0.0824. The number of ether oxygens (including phenoxy) is 2. The van der Waals surface area contributed by atoms with Crippen LogP contribution in [-0.2, 0) is 14.4 Å². The number of nitrogens with zero attached hydrogens (tertiary/aromatic N) is 1. The molecule has 2 rings (SSSR count). The molecule has 8 nitrogen and oxygen atoms in total. The number of rotatable bonds is 7. The van der Waals surface area contributed by atoms with Gasteiger partial charge in [0.1, 0.15) is 25.1 Å². The number of carbonyl (C=O) groups excluding carboxylic acids is 3. The molecule has 0 spiro atoms. The number of hydrogen-bond donors (Lipinski definition) is 2. The fourth-order valence-electron chi connectivity index (χ4n) is 2.88. The number of nitrogens with one attached hydrogen (secondary N) is 1. The van der Waals surface area contributed by atoms with Crippen LogP contribution in [0.25, 0.3) is 0 Å². The van der Waals surface area contributed by atoms with Crippen LogP contribution in [-0.4, -0.2) is 46.0 Å². The Bertz CT molecular complexity index is 752. The van der Waals surface area contributed by atoms with Crippen LogP contribution in [0.3, 0.4) is 0 Å². The van der Waals surface area contributed by atoms with Crippen molar-refractivity contribution in [3.05, 3.63) is 53.6 Å². The van der Waals surface area contributed by atoms with Crippen molar-refractivity contribution in [2.45, 2.75) is 19.4 Å². The first-order valence-electron chi connectivity index (χ1n) is 8.52. The summed E-state index contributed by atoms with van der Waals surface area (Å²) in [5, 5.41) is 8.99. The van der Waals surface area contributed by atoms with Crippen molar-refractivity contribution in [3.8, 4) is 11.5 Å². The second kappa shape index (κ2) is 13.7. The lowest BCUT2D eigenvalue weighted by Gasteiger charge is -2.31. The molecule has 158 valence electrons. The number of anilines is 1. The third kappa shape index (κ3) is 6.93. The van der Waals surface area contributed by atoms with E-state index in [1.165, 1.54) is 0 Å². The molecule has 8 heteroatoms. The van der Waals surface area contributed by atoms with Crippen LogP contribution in [0.1, 0.15) is 23.6 Å². The molecule has 29 heavy (non-hydrogen) atoms. The van der Waals surface area contributed by atoms with Crippen LogP contribution in [0.5, 0.6) is 11.5 Å². The number of para-hydroxylation sites is 1. The molecule has 0 saturated carbocycles. The molecule has 0 heterocycles. The summed E-state index contributed by atoms with van der Waals surface area (Å²) in [4.78, 5) is 29.9. The first-order chi connectivity index (χ1) is 14.0. The summed E-state index contributed by atoms with van der Waals surface area (Å²) < 4.78 is 10.8. The van der Waals surface area contributed by atoms with Gasteiger partial charge in [-0.15, -0.1) is 0 Å². The fraction of sp³-hybridized carbons (Fsp3) is 0.286. The zero-order valence-electron chi connectivity index (χ0n) is 17.2. The minimum Gasteiger partial charge on any atom is -0.497 e. The summed E-state index contributed by atoms with van der Waals surface area (Å²) in [5.74, 6) is 0.868. The molecule has 2 N–H and O–H groups in total. The Kier molecular flexibility index (Phi) is 12.1. The van der Waals surface area contributed by atoms with Crippen LogP contribution in [0, 0.1) is 6.92 Å². The van der Waals surface area contributed by atoms with Gasteiger partial charge in [-0.05, 0) is 36.2 Å². The molecule has 0 fully saturated rings. The van der Waals surface area contributed by atoms with Gasteiger partial charge in [-0.25, -0.2) is 5.48 Å². The molecule has 2 aromatic carbocycles. The van der Waals surface area contributed by atoms with E-state index in [0.717, 1.165) is 16.8 Å². The van der Waals surface area contributed by atoms with E-state index >= 15 is 0 Å². The van der Waals surface area contributed by atoms with Crippen molar-refractivity contribution in [3.63, 3.8) is 0 Å². The Labute approximate surface area is 171 Å². The summed E-state index contributed by atoms with van der Waals surface area (Å²) in [5.41, 5.74) is 4.49. The third-order valence-electron chi connectivity index (χ3n) is 4.32. The molecular weight excluding hydrogens is 376 g/mol. The fourth-order valence-corrected chi connectivity index (χ4v) is 2.88. The number of carbonyl (C=O) groups is 3. The Morgan fingerprint density at radius 1 is 1.10 bits per heavy atom. The standard InChI is InChI=1S/C19H24N2O4.2CH2O/c1-13-16(10-15(24-3)11-18(13)25-4)17(12-19(22)20-23)21(2)14-8-6-5-7-9-14;2*1-2/h5-11,17,23H,12H2,1-4H3,(H,20,22);2*1H2. The zero-order valence-corrected chi connectivity index (χ0v) is 17.2. The van der Waals surface area contributed by atoms with Gasteiger partial charge >= 0.3 is 0 Å². The normalized spacial score (nSPS) is 10.2. The number of hydrogen-bond acceptors (Lipinski definition) is 7. The Hall–Kier alpha value is -3.39. The second-order valence-electron chi connectivity index (χ2n) is 5.75. The van der Waals surface area contributed by atoms with E-state index in [1.807, 2.05) is 74.9 Å². The molecule has 0 aliphatic heterocycles. The zero-order chi connectivity index (χ0) is 22.4. The van der Waals surface area contributed by atoms with Crippen molar-refractivity contribution in [2.75, 3.05) is 26.2 Å². The highest BCUT2D eigenvalue weighted by Crippen LogP contribution is 2.36. The number of methoxy groups -OCH3 is 2. The van der Waals surface area contributed by atoms with Crippen molar-refractivity contribution in [1.82, 2.24) is 5.48 Å². The highest BCUT2D eigenvalue weighted by atomic mass is 16.5. The molecule has 0 aromatic heterocycles. The topological polar surface area (TPSA) is 105 Å².